The zero-order valence-corrected chi connectivity index (χ0v) is 13.3. The van der Waals surface area contributed by atoms with Crippen LogP contribution in [-0.2, 0) is 13.2 Å². The minimum absolute atomic E-state index is 0.0258. The van der Waals surface area contributed by atoms with Crippen LogP contribution < -0.4 is 4.74 Å². The molecule has 0 fully saturated rings. The van der Waals surface area contributed by atoms with Crippen LogP contribution in [-0.4, -0.2) is 16.8 Å². The van der Waals surface area contributed by atoms with Gasteiger partial charge in [0, 0.05) is 0 Å². The van der Waals surface area contributed by atoms with Crippen LogP contribution >= 0.6 is 0 Å². The van der Waals surface area contributed by atoms with Gasteiger partial charge >= 0.3 is 0 Å². The Balaban J connectivity index is 2.15. The molecule has 0 aliphatic carbocycles. The van der Waals surface area contributed by atoms with E-state index in [-0.39, 0.29) is 13.2 Å². The fourth-order valence-electron chi connectivity index (χ4n) is 2.42. The lowest BCUT2D eigenvalue weighted by molar-refractivity contribution is 0.269. The Hall–Kier alpha value is -1.06. The number of unbranched alkanes of at least 4 members (excludes halogenated alkanes) is 7. The molecular weight excluding hydrogens is 264 g/mol. The standard InChI is InChI=1S/C18H30O3/c1-2-3-4-5-6-7-8-9-10-21-18-12-16(14-19)11-17(13-18)15-20/h11-13,19-20H,2-10,14-15H2,1H3. The average molecular weight is 294 g/mol. The molecule has 0 radical (unpaired) electrons. The van der Waals surface area contributed by atoms with Gasteiger partial charge in [-0.25, -0.2) is 0 Å². The Morgan fingerprint density at radius 2 is 1.29 bits per heavy atom. The van der Waals surface area contributed by atoms with Crippen LogP contribution in [0.1, 0.15) is 69.4 Å². The van der Waals surface area contributed by atoms with Crippen LogP contribution in [0, 0.1) is 0 Å². The topological polar surface area (TPSA) is 49.7 Å². The van der Waals surface area contributed by atoms with E-state index < -0.39 is 0 Å². The summed E-state index contributed by atoms with van der Waals surface area (Å²) in [7, 11) is 0. The molecule has 0 saturated heterocycles. The van der Waals surface area contributed by atoms with Crippen LogP contribution in [0.5, 0.6) is 5.75 Å². The number of hydrogen-bond acceptors (Lipinski definition) is 3. The molecule has 120 valence electrons. The van der Waals surface area contributed by atoms with Crippen LogP contribution in [0.15, 0.2) is 18.2 Å². The molecule has 0 aliphatic heterocycles. The Bertz CT molecular complexity index is 354. The second-order valence-corrected chi connectivity index (χ2v) is 5.62. The summed E-state index contributed by atoms with van der Waals surface area (Å²) in [6, 6.07) is 5.47. The predicted molar refractivity (Wildman–Crippen MR) is 86.4 cm³/mol. The van der Waals surface area contributed by atoms with Crippen molar-refractivity contribution < 1.29 is 14.9 Å². The fraction of sp³-hybridized carbons (Fsp3) is 0.667. The van der Waals surface area contributed by atoms with Gasteiger partial charge in [0.25, 0.3) is 0 Å². The van der Waals surface area contributed by atoms with E-state index in [2.05, 4.69) is 6.92 Å². The largest absolute Gasteiger partial charge is 0.494 e. The number of benzene rings is 1. The molecule has 1 aromatic carbocycles. The molecule has 0 unspecified atom stereocenters. The number of rotatable bonds is 12. The van der Waals surface area contributed by atoms with E-state index in [1.54, 1.807) is 6.07 Å². The summed E-state index contributed by atoms with van der Waals surface area (Å²) in [4.78, 5) is 0. The maximum Gasteiger partial charge on any atom is 0.120 e. The van der Waals surface area contributed by atoms with Gasteiger partial charge in [-0.3, -0.25) is 0 Å². The maximum atomic E-state index is 9.18. The van der Waals surface area contributed by atoms with Crippen molar-refractivity contribution in [1.82, 2.24) is 0 Å². The summed E-state index contributed by atoms with van der Waals surface area (Å²) < 4.78 is 5.71. The maximum absolute atomic E-state index is 9.18. The van der Waals surface area contributed by atoms with Gasteiger partial charge in [0.15, 0.2) is 0 Å². The van der Waals surface area contributed by atoms with E-state index in [4.69, 9.17) is 4.74 Å². The van der Waals surface area contributed by atoms with Crippen LogP contribution in [0.25, 0.3) is 0 Å². The van der Waals surface area contributed by atoms with Gasteiger partial charge in [0.2, 0.25) is 0 Å². The first-order valence-electron chi connectivity index (χ1n) is 8.27. The molecule has 0 heterocycles. The second-order valence-electron chi connectivity index (χ2n) is 5.62. The van der Waals surface area contributed by atoms with E-state index in [1.165, 1.54) is 44.9 Å². The first-order chi connectivity index (χ1) is 10.3. The van der Waals surface area contributed by atoms with Crippen molar-refractivity contribution in [2.75, 3.05) is 6.61 Å². The molecule has 0 atom stereocenters. The smallest absolute Gasteiger partial charge is 0.120 e. The van der Waals surface area contributed by atoms with E-state index in [1.807, 2.05) is 12.1 Å². The Morgan fingerprint density at radius 3 is 1.81 bits per heavy atom. The summed E-state index contributed by atoms with van der Waals surface area (Å²) in [5.74, 6) is 0.744. The lowest BCUT2D eigenvalue weighted by Gasteiger charge is -2.09. The van der Waals surface area contributed by atoms with Crippen molar-refractivity contribution >= 4 is 0 Å². The Morgan fingerprint density at radius 1 is 0.762 bits per heavy atom. The highest BCUT2D eigenvalue weighted by Crippen LogP contribution is 2.18. The van der Waals surface area contributed by atoms with Crippen LogP contribution in [0.2, 0.25) is 0 Å². The van der Waals surface area contributed by atoms with Crippen molar-refractivity contribution in [2.24, 2.45) is 0 Å². The molecule has 0 bridgehead atoms. The SMILES string of the molecule is CCCCCCCCCCOc1cc(CO)cc(CO)c1. The van der Waals surface area contributed by atoms with Gasteiger partial charge < -0.3 is 14.9 Å². The monoisotopic (exact) mass is 294 g/mol. The minimum atomic E-state index is -0.0258. The van der Waals surface area contributed by atoms with E-state index in [0.717, 1.165) is 23.3 Å². The quantitative estimate of drug-likeness (QED) is 0.568. The van der Waals surface area contributed by atoms with Gasteiger partial charge in [-0.05, 0) is 29.7 Å². The molecule has 0 aliphatic rings. The fourth-order valence-corrected chi connectivity index (χ4v) is 2.42. The van der Waals surface area contributed by atoms with Gasteiger partial charge in [-0.15, -0.1) is 0 Å². The zero-order valence-electron chi connectivity index (χ0n) is 13.3. The van der Waals surface area contributed by atoms with Gasteiger partial charge in [-0.2, -0.15) is 0 Å². The highest BCUT2D eigenvalue weighted by Gasteiger charge is 2.01. The number of aliphatic hydroxyl groups is 2. The molecule has 0 amide bonds. The third kappa shape index (κ3) is 8.08. The number of hydrogen-bond donors (Lipinski definition) is 2. The molecule has 3 heteroatoms. The zero-order chi connectivity index (χ0) is 15.3. The first-order valence-corrected chi connectivity index (χ1v) is 8.27. The number of aliphatic hydroxyl groups excluding tert-OH is 2. The molecule has 1 rings (SSSR count). The molecule has 0 spiro atoms. The van der Waals surface area contributed by atoms with Gasteiger partial charge in [0.1, 0.15) is 5.75 Å². The molecule has 0 saturated carbocycles. The van der Waals surface area contributed by atoms with Crippen LogP contribution in [0.3, 0.4) is 0 Å². The third-order valence-corrected chi connectivity index (χ3v) is 3.66. The molecule has 1 aromatic rings. The summed E-state index contributed by atoms with van der Waals surface area (Å²) >= 11 is 0. The predicted octanol–water partition coefficient (Wildman–Crippen LogP) is 4.19. The van der Waals surface area contributed by atoms with Gasteiger partial charge in [-0.1, -0.05) is 57.9 Å². The van der Waals surface area contributed by atoms with Crippen molar-refractivity contribution in [3.05, 3.63) is 29.3 Å². The Kier molecular flexibility index (Phi) is 9.92. The Labute approximate surface area is 129 Å². The van der Waals surface area contributed by atoms with Gasteiger partial charge in [0.05, 0.1) is 19.8 Å². The van der Waals surface area contributed by atoms with Crippen LogP contribution in [0.4, 0.5) is 0 Å². The minimum Gasteiger partial charge on any atom is -0.494 e. The molecule has 3 nitrogen and oxygen atoms in total. The molecule has 21 heavy (non-hydrogen) atoms. The summed E-state index contributed by atoms with van der Waals surface area (Å²) in [6.07, 6.45) is 10.3. The molecule has 2 N–H and O–H groups in total. The number of ether oxygens (including phenoxy) is 1. The average Bonchev–Trinajstić information content (AvgIpc) is 2.52. The second kappa shape index (κ2) is 11.6. The summed E-state index contributed by atoms with van der Waals surface area (Å²) in [6.45, 7) is 2.89. The third-order valence-electron chi connectivity index (χ3n) is 3.66. The van der Waals surface area contributed by atoms with Crippen molar-refractivity contribution in [2.45, 2.75) is 71.5 Å². The van der Waals surface area contributed by atoms with E-state index in [9.17, 15) is 10.2 Å². The summed E-state index contributed by atoms with van der Waals surface area (Å²) in [5, 5.41) is 18.4. The molecule has 0 aromatic heterocycles. The van der Waals surface area contributed by atoms with E-state index >= 15 is 0 Å². The summed E-state index contributed by atoms with van der Waals surface area (Å²) in [5.41, 5.74) is 1.57. The highest BCUT2D eigenvalue weighted by molar-refractivity contribution is 5.33. The van der Waals surface area contributed by atoms with Crippen molar-refractivity contribution in [1.29, 1.82) is 0 Å². The first kappa shape index (κ1) is 18.0. The normalized spacial score (nSPS) is 10.8. The van der Waals surface area contributed by atoms with Crippen molar-refractivity contribution in [3.8, 4) is 5.75 Å². The lowest BCUT2D eigenvalue weighted by Crippen LogP contribution is -1.99. The highest BCUT2D eigenvalue weighted by atomic mass is 16.5. The molecular formula is C18H30O3. The van der Waals surface area contributed by atoms with Crippen molar-refractivity contribution in [3.63, 3.8) is 0 Å². The van der Waals surface area contributed by atoms with E-state index in [0.29, 0.717) is 6.61 Å². The lowest BCUT2D eigenvalue weighted by atomic mass is 10.1.